The lowest BCUT2D eigenvalue weighted by atomic mass is 10.0. The number of hydrogen-bond acceptors (Lipinski definition) is 7. The molecule has 1 heterocycles. The number of carbonyl (C=O) groups is 2. The zero-order chi connectivity index (χ0) is 29.7. The van der Waals surface area contributed by atoms with E-state index in [1.807, 2.05) is 38.1 Å². The van der Waals surface area contributed by atoms with Gasteiger partial charge in [0.05, 0.1) is 11.4 Å². The van der Waals surface area contributed by atoms with Crippen LogP contribution in [0.3, 0.4) is 0 Å². The fourth-order valence-corrected chi connectivity index (χ4v) is 4.81. The predicted molar refractivity (Wildman–Crippen MR) is 167 cm³/mol. The molecular formula is C32H43N5O4. The van der Waals surface area contributed by atoms with E-state index in [0.717, 1.165) is 57.1 Å². The summed E-state index contributed by atoms with van der Waals surface area (Å²) in [5.41, 5.74) is 4.42. The van der Waals surface area contributed by atoms with Crippen molar-refractivity contribution < 1.29 is 19.1 Å². The highest BCUT2D eigenvalue weighted by atomic mass is 16.6. The third-order valence-corrected chi connectivity index (χ3v) is 6.77. The maximum Gasteiger partial charge on any atom is 0.408 e. The van der Waals surface area contributed by atoms with Crippen molar-refractivity contribution in [2.75, 3.05) is 35.6 Å². The molecule has 0 aromatic heterocycles. The van der Waals surface area contributed by atoms with Crippen molar-refractivity contribution in [3.63, 3.8) is 0 Å². The Hall–Kier alpha value is -4.14. The van der Waals surface area contributed by atoms with Gasteiger partial charge >= 0.3 is 6.09 Å². The fraction of sp³-hybridized carbons (Fsp3) is 0.438. The summed E-state index contributed by atoms with van der Waals surface area (Å²) in [6, 6.07) is 13.7. The second kappa shape index (κ2) is 12.6. The van der Waals surface area contributed by atoms with Gasteiger partial charge in [0.15, 0.2) is 11.5 Å². The van der Waals surface area contributed by atoms with E-state index in [1.54, 1.807) is 20.8 Å². The number of rotatable bonds is 10. The van der Waals surface area contributed by atoms with Crippen LogP contribution in [-0.4, -0.2) is 43.3 Å². The first-order valence-corrected chi connectivity index (χ1v) is 14.4. The van der Waals surface area contributed by atoms with Crippen LogP contribution < -0.4 is 31.3 Å². The number of carbonyl (C=O) groups excluding carboxylic acids is 2. The SMILES string of the molecule is CCNc1cc2c(cc1C)Nc1c(cc(NCCCNC(=O)[C@@H](NC(=O)OC(C)(C)C)C(C)C)c3ccccc13)O2. The van der Waals surface area contributed by atoms with Crippen molar-refractivity contribution in [2.24, 2.45) is 5.92 Å². The average molecular weight is 562 g/mol. The highest BCUT2D eigenvalue weighted by Crippen LogP contribution is 2.48. The number of nitrogens with one attached hydrogen (secondary N) is 5. The molecule has 0 saturated carbocycles. The molecule has 9 nitrogen and oxygen atoms in total. The van der Waals surface area contributed by atoms with Crippen LogP contribution in [0.15, 0.2) is 42.5 Å². The molecule has 0 unspecified atom stereocenters. The molecule has 0 aliphatic carbocycles. The van der Waals surface area contributed by atoms with E-state index in [2.05, 4.69) is 58.6 Å². The lowest BCUT2D eigenvalue weighted by Gasteiger charge is -2.26. The van der Waals surface area contributed by atoms with E-state index in [9.17, 15) is 9.59 Å². The number of anilines is 4. The first-order valence-electron chi connectivity index (χ1n) is 14.4. The molecule has 0 saturated heterocycles. The summed E-state index contributed by atoms with van der Waals surface area (Å²) in [5, 5.41) is 18.3. The van der Waals surface area contributed by atoms with Crippen LogP contribution in [0.5, 0.6) is 11.5 Å². The Morgan fingerprint density at radius 1 is 0.976 bits per heavy atom. The average Bonchev–Trinajstić information content (AvgIpc) is 2.90. The van der Waals surface area contributed by atoms with Crippen molar-refractivity contribution in [3.05, 3.63) is 48.0 Å². The number of fused-ring (bicyclic) bond motifs is 4. The number of alkyl carbamates (subject to hydrolysis) is 1. The van der Waals surface area contributed by atoms with Crippen LogP contribution in [-0.2, 0) is 9.53 Å². The quantitative estimate of drug-likeness (QED) is 0.134. The number of amides is 2. The minimum Gasteiger partial charge on any atom is -0.453 e. The van der Waals surface area contributed by atoms with Crippen LogP contribution in [0.1, 0.15) is 53.5 Å². The zero-order valence-electron chi connectivity index (χ0n) is 25.2. The van der Waals surface area contributed by atoms with Crippen molar-refractivity contribution in [1.29, 1.82) is 0 Å². The maximum atomic E-state index is 12.8. The number of benzene rings is 3. The summed E-state index contributed by atoms with van der Waals surface area (Å²) in [5.74, 6) is 1.23. The summed E-state index contributed by atoms with van der Waals surface area (Å²) in [7, 11) is 0. The van der Waals surface area contributed by atoms with Gasteiger partial charge in [0.1, 0.15) is 11.6 Å². The van der Waals surface area contributed by atoms with Crippen LogP contribution in [0.25, 0.3) is 10.8 Å². The van der Waals surface area contributed by atoms with Gasteiger partial charge in [-0.2, -0.15) is 0 Å². The van der Waals surface area contributed by atoms with E-state index in [4.69, 9.17) is 9.47 Å². The molecule has 220 valence electrons. The molecule has 0 radical (unpaired) electrons. The van der Waals surface area contributed by atoms with Crippen LogP contribution >= 0.6 is 0 Å². The van der Waals surface area contributed by atoms with E-state index in [0.29, 0.717) is 19.5 Å². The molecule has 0 fully saturated rings. The van der Waals surface area contributed by atoms with Crippen molar-refractivity contribution in [2.45, 2.75) is 66.5 Å². The monoisotopic (exact) mass is 561 g/mol. The Morgan fingerprint density at radius 3 is 2.37 bits per heavy atom. The predicted octanol–water partition coefficient (Wildman–Crippen LogP) is 6.90. The molecule has 4 rings (SSSR count). The molecule has 3 aromatic carbocycles. The summed E-state index contributed by atoms with van der Waals surface area (Å²) in [6.45, 7) is 15.3. The van der Waals surface area contributed by atoms with Gasteiger partial charge < -0.3 is 36.1 Å². The Bertz CT molecular complexity index is 1410. The maximum absolute atomic E-state index is 12.8. The highest BCUT2D eigenvalue weighted by Gasteiger charge is 2.27. The lowest BCUT2D eigenvalue weighted by molar-refractivity contribution is -0.124. The van der Waals surface area contributed by atoms with Crippen molar-refractivity contribution in [1.82, 2.24) is 10.6 Å². The van der Waals surface area contributed by atoms with E-state index < -0.39 is 17.7 Å². The summed E-state index contributed by atoms with van der Waals surface area (Å²) in [4.78, 5) is 25.0. The minimum absolute atomic E-state index is 0.0843. The summed E-state index contributed by atoms with van der Waals surface area (Å²) >= 11 is 0. The van der Waals surface area contributed by atoms with Gasteiger partial charge in [-0.3, -0.25) is 4.79 Å². The first-order chi connectivity index (χ1) is 19.5. The number of ether oxygens (including phenoxy) is 2. The number of hydrogen-bond donors (Lipinski definition) is 5. The highest BCUT2D eigenvalue weighted by molar-refractivity contribution is 6.06. The largest absolute Gasteiger partial charge is 0.453 e. The fourth-order valence-electron chi connectivity index (χ4n) is 4.81. The third-order valence-electron chi connectivity index (χ3n) is 6.77. The standard InChI is InChI=1S/C32H43N5O4/c1-8-33-23-17-26-25(16-20(23)4)36-29-22-13-10-9-12-21(22)24(18-27(29)40-26)34-14-11-15-35-30(38)28(19(2)3)37-31(39)41-32(5,6)7/h9-10,12-13,16-19,28,33-34,36H,8,11,14-15H2,1-7H3,(H,35,38)(H,37,39)/t28-/m0/s1. The Morgan fingerprint density at radius 2 is 1.68 bits per heavy atom. The summed E-state index contributed by atoms with van der Waals surface area (Å²) < 4.78 is 11.7. The molecule has 41 heavy (non-hydrogen) atoms. The van der Waals surface area contributed by atoms with Crippen molar-refractivity contribution in [3.8, 4) is 11.5 Å². The van der Waals surface area contributed by atoms with Crippen LogP contribution in [0, 0.1) is 12.8 Å². The molecule has 1 aliphatic heterocycles. The Balaban J connectivity index is 1.40. The zero-order valence-corrected chi connectivity index (χ0v) is 25.2. The molecular weight excluding hydrogens is 518 g/mol. The van der Waals surface area contributed by atoms with Gasteiger partial charge in [-0.15, -0.1) is 0 Å². The normalized spacial score (nSPS) is 12.9. The minimum atomic E-state index is -0.674. The van der Waals surface area contributed by atoms with Crippen LogP contribution in [0.4, 0.5) is 27.5 Å². The van der Waals surface area contributed by atoms with Gasteiger partial charge in [-0.25, -0.2) is 4.79 Å². The molecule has 3 aromatic rings. The Kier molecular flexibility index (Phi) is 9.15. The molecule has 1 aliphatic rings. The topological polar surface area (TPSA) is 113 Å². The van der Waals surface area contributed by atoms with E-state index in [1.165, 1.54) is 0 Å². The molecule has 9 heteroatoms. The Labute approximate surface area is 242 Å². The van der Waals surface area contributed by atoms with Gasteiger partial charge in [0.25, 0.3) is 0 Å². The van der Waals surface area contributed by atoms with Gasteiger partial charge in [0, 0.05) is 53.9 Å². The van der Waals surface area contributed by atoms with Crippen molar-refractivity contribution >= 4 is 45.5 Å². The van der Waals surface area contributed by atoms with Crippen LogP contribution in [0.2, 0.25) is 0 Å². The molecule has 0 spiro atoms. The van der Waals surface area contributed by atoms with E-state index >= 15 is 0 Å². The van der Waals surface area contributed by atoms with Gasteiger partial charge in [0.2, 0.25) is 5.91 Å². The smallest absolute Gasteiger partial charge is 0.408 e. The molecule has 1 atom stereocenters. The van der Waals surface area contributed by atoms with Gasteiger partial charge in [-0.05, 0) is 58.6 Å². The summed E-state index contributed by atoms with van der Waals surface area (Å²) in [6.07, 6.45) is 0.0985. The molecule has 0 bridgehead atoms. The van der Waals surface area contributed by atoms with E-state index in [-0.39, 0.29) is 11.8 Å². The van der Waals surface area contributed by atoms with Gasteiger partial charge in [-0.1, -0.05) is 38.1 Å². The third kappa shape index (κ3) is 7.34. The lowest BCUT2D eigenvalue weighted by Crippen LogP contribution is -2.51. The molecule has 5 N–H and O–H groups in total. The number of aryl methyl sites for hydroxylation is 1. The second-order valence-electron chi connectivity index (χ2n) is 11.7. The second-order valence-corrected chi connectivity index (χ2v) is 11.7. The first kappa shape index (κ1) is 29.8. The molecule has 2 amide bonds.